The van der Waals surface area contributed by atoms with Crippen LogP contribution in [-0.4, -0.2) is 16.4 Å². The molecule has 8 nitrogen and oxygen atoms in total. The van der Waals surface area contributed by atoms with Gasteiger partial charge in [0, 0.05) is 24.7 Å². The van der Waals surface area contributed by atoms with Gasteiger partial charge in [0.05, 0.1) is 15.4 Å². The van der Waals surface area contributed by atoms with E-state index in [1.165, 1.54) is 25.1 Å². The van der Waals surface area contributed by atoms with E-state index in [-0.39, 0.29) is 24.7 Å². The number of halogens is 4. The minimum atomic E-state index is -5.14. The van der Waals surface area contributed by atoms with Crippen molar-refractivity contribution in [1.82, 2.24) is 0 Å². The Morgan fingerprint density at radius 3 is 2.21 bits per heavy atom. The second-order valence-electron chi connectivity index (χ2n) is 5.67. The maximum atomic E-state index is 14.0. The third kappa shape index (κ3) is 3.94. The molecule has 0 aromatic heterocycles. The van der Waals surface area contributed by atoms with Crippen LogP contribution in [0.4, 0.5) is 40.3 Å². The average Bonchev–Trinajstić information content (AvgIpc) is 2.59. The van der Waals surface area contributed by atoms with Crippen LogP contribution >= 0.6 is 0 Å². The molecule has 0 fully saturated rings. The van der Waals surface area contributed by atoms with Gasteiger partial charge in [-0.25, -0.2) is 4.39 Å². The van der Waals surface area contributed by atoms with Crippen molar-refractivity contribution in [3.05, 3.63) is 67.5 Å². The van der Waals surface area contributed by atoms with Crippen molar-refractivity contribution >= 4 is 22.7 Å². The van der Waals surface area contributed by atoms with Crippen molar-refractivity contribution in [1.29, 1.82) is 0 Å². The highest BCUT2D eigenvalue weighted by molar-refractivity contribution is 5.86. The van der Waals surface area contributed by atoms with Gasteiger partial charge in [-0.3, -0.25) is 20.2 Å². The molecule has 0 saturated heterocycles. The number of benzene rings is 2. The minimum Gasteiger partial charge on any atom is -0.393 e. The number of nitro benzene ring substituents is 2. The van der Waals surface area contributed by atoms with E-state index in [1.54, 1.807) is 0 Å². The molecular formula is C16H14F4N4O4. The molecule has 0 bridgehead atoms. The highest BCUT2D eigenvalue weighted by Gasteiger charge is 2.42. The monoisotopic (exact) mass is 402 g/mol. The van der Waals surface area contributed by atoms with Gasteiger partial charge in [-0.2, -0.15) is 13.2 Å². The molecule has 0 radical (unpaired) electrons. The quantitative estimate of drug-likeness (QED) is 0.334. The predicted octanol–water partition coefficient (Wildman–Crippen LogP) is 4.27. The lowest BCUT2D eigenvalue weighted by Gasteiger charge is -2.24. The molecule has 12 heteroatoms. The van der Waals surface area contributed by atoms with E-state index >= 15 is 0 Å². The second-order valence-corrected chi connectivity index (χ2v) is 5.67. The van der Waals surface area contributed by atoms with Crippen LogP contribution in [0.5, 0.6) is 0 Å². The predicted molar refractivity (Wildman–Crippen MR) is 92.3 cm³/mol. The summed E-state index contributed by atoms with van der Waals surface area (Å²) in [5, 5.41) is 22.9. The van der Waals surface area contributed by atoms with Crippen molar-refractivity contribution in [2.45, 2.75) is 19.6 Å². The standard InChI is InChI=1S/C16H14F4N4O4/c1-2-22(8-9-5-3-4-6-11(9)17)14-12(23(25)26)7-10(16(18,19)20)13(21)15(14)24(27)28/h3-7H,2,8,21H2,1H3. The zero-order valence-electron chi connectivity index (χ0n) is 14.4. The molecular weight excluding hydrogens is 388 g/mol. The molecule has 2 aromatic rings. The van der Waals surface area contributed by atoms with E-state index in [0.717, 1.165) is 11.0 Å². The highest BCUT2D eigenvalue weighted by Crippen LogP contribution is 2.48. The lowest BCUT2D eigenvalue weighted by atomic mass is 10.1. The fourth-order valence-corrected chi connectivity index (χ4v) is 2.71. The molecule has 0 spiro atoms. The zero-order chi connectivity index (χ0) is 21.2. The summed E-state index contributed by atoms with van der Waals surface area (Å²) < 4.78 is 53.4. The Hall–Kier alpha value is -3.44. The lowest BCUT2D eigenvalue weighted by Crippen LogP contribution is -2.26. The summed E-state index contributed by atoms with van der Waals surface area (Å²) in [7, 11) is 0. The molecule has 0 saturated carbocycles. The Kier molecular flexibility index (Phi) is 5.71. The number of nitro groups is 2. The molecule has 2 aromatic carbocycles. The number of hydrogen-bond donors (Lipinski definition) is 1. The lowest BCUT2D eigenvalue weighted by molar-refractivity contribution is -0.392. The molecule has 2 rings (SSSR count). The van der Waals surface area contributed by atoms with E-state index < -0.39 is 50.2 Å². The van der Waals surface area contributed by atoms with E-state index in [2.05, 4.69) is 0 Å². The molecule has 0 aliphatic carbocycles. The fraction of sp³-hybridized carbons (Fsp3) is 0.250. The van der Waals surface area contributed by atoms with Gasteiger partial charge in [-0.1, -0.05) is 18.2 Å². The Bertz CT molecular complexity index is 934. The van der Waals surface area contributed by atoms with E-state index in [4.69, 9.17) is 5.73 Å². The topological polar surface area (TPSA) is 116 Å². The first-order chi connectivity index (χ1) is 13.0. The second kappa shape index (κ2) is 7.66. The van der Waals surface area contributed by atoms with Gasteiger partial charge in [-0.05, 0) is 13.0 Å². The highest BCUT2D eigenvalue weighted by atomic mass is 19.4. The number of hydrogen-bond acceptors (Lipinski definition) is 6. The number of nitrogen functional groups attached to an aromatic ring is 1. The van der Waals surface area contributed by atoms with Crippen molar-refractivity contribution in [2.75, 3.05) is 17.2 Å². The fourth-order valence-electron chi connectivity index (χ4n) is 2.71. The van der Waals surface area contributed by atoms with Crippen LogP contribution in [0.15, 0.2) is 30.3 Å². The van der Waals surface area contributed by atoms with Crippen molar-refractivity contribution in [2.24, 2.45) is 0 Å². The van der Waals surface area contributed by atoms with Crippen LogP contribution in [0.1, 0.15) is 18.1 Å². The van der Waals surface area contributed by atoms with Gasteiger partial charge in [0.25, 0.3) is 5.69 Å². The van der Waals surface area contributed by atoms with Gasteiger partial charge in [0.1, 0.15) is 11.5 Å². The average molecular weight is 402 g/mol. The molecule has 0 atom stereocenters. The van der Waals surface area contributed by atoms with Gasteiger partial charge < -0.3 is 10.6 Å². The van der Waals surface area contributed by atoms with Crippen molar-refractivity contribution in [3.63, 3.8) is 0 Å². The molecule has 0 aliphatic rings. The summed E-state index contributed by atoms with van der Waals surface area (Å²) in [5.74, 6) is -0.675. The van der Waals surface area contributed by atoms with Gasteiger partial charge in [0.2, 0.25) is 0 Å². The van der Waals surface area contributed by atoms with Crippen LogP contribution in [0, 0.1) is 26.0 Å². The Balaban J connectivity index is 2.79. The maximum absolute atomic E-state index is 14.0. The molecule has 28 heavy (non-hydrogen) atoms. The third-order valence-electron chi connectivity index (χ3n) is 3.99. The molecule has 0 aliphatic heterocycles. The summed E-state index contributed by atoms with van der Waals surface area (Å²) in [6.45, 7) is 1.01. The van der Waals surface area contributed by atoms with Gasteiger partial charge in [-0.15, -0.1) is 0 Å². The largest absolute Gasteiger partial charge is 0.418 e. The van der Waals surface area contributed by atoms with E-state index in [1.807, 2.05) is 0 Å². The normalized spacial score (nSPS) is 11.3. The zero-order valence-corrected chi connectivity index (χ0v) is 14.4. The molecule has 2 N–H and O–H groups in total. The Morgan fingerprint density at radius 2 is 1.75 bits per heavy atom. The van der Waals surface area contributed by atoms with Crippen LogP contribution in [0.2, 0.25) is 0 Å². The molecule has 0 amide bonds. The first-order valence-corrected chi connectivity index (χ1v) is 7.79. The summed E-state index contributed by atoms with van der Waals surface area (Å²) in [6.07, 6.45) is -5.14. The molecule has 150 valence electrons. The maximum Gasteiger partial charge on any atom is 0.418 e. The molecule has 0 unspecified atom stereocenters. The van der Waals surface area contributed by atoms with Crippen molar-refractivity contribution < 1.29 is 27.4 Å². The minimum absolute atomic E-state index is 0.0476. The number of nitrogens with zero attached hydrogens (tertiary/aromatic N) is 3. The number of nitrogens with two attached hydrogens (primary N) is 1. The summed E-state index contributed by atoms with van der Waals surface area (Å²) in [5.41, 5.74) is -0.624. The summed E-state index contributed by atoms with van der Waals surface area (Å²) in [6, 6.07) is 5.50. The Labute approximate surface area is 155 Å². The Morgan fingerprint density at radius 1 is 1.14 bits per heavy atom. The van der Waals surface area contributed by atoms with Crippen LogP contribution in [0.25, 0.3) is 0 Å². The van der Waals surface area contributed by atoms with Gasteiger partial charge in [0.15, 0.2) is 5.69 Å². The number of rotatable bonds is 6. The first kappa shape index (κ1) is 20.9. The van der Waals surface area contributed by atoms with Crippen LogP contribution < -0.4 is 10.6 Å². The SMILES string of the molecule is CCN(Cc1ccccc1F)c1c([N+](=O)[O-])cc(C(F)(F)F)c(N)c1[N+](=O)[O-]. The van der Waals surface area contributed by atoms with Gasteiger partial charge >= 0.3 is 11.9 Å². The number of alkyl halides is 3. The van der Waals surface area contributed by atoms with Crippen LogP contribution in [-0.2, 0) is 12.7 Å². The van der Waals surface area contributed by atoms with E-state index in [0.29, 0.717) is 0 Å². The van der Waals surface area contributed by atoms with E-state index in [9.17, 15) is 37.8 Å². The van der Waals surface area contributed by atoms with Crippen molar-refractivity contribution in [3.8, 4) is 0 Å². The molecule has 0 heterocycles. The van der Waals surface area contributed by atoms with Crippen LogP contribution in [0.3, 0.4) is 0 Å². The summed E-state index contributed by atoms with van der Waals surface area (Å²) >= 11 is 0. The third-order valence-corrected chi connectivity index (χ3v) is 3.99. The smallest absolute Gasteiger partial charge is 0.393 e. The summed E-state index contributed by atoms with van der Waals surface area (Å²) in [4.78, 5) is 21.5. The first-order valence-electron chi connectivity index (χ1n) is 7.79. The number of anilines is 2.